The van der Waals surface area contributed by atoms with Crippen molar-refractivity contribution >= 4 is 6.79 Å². The number of carbonyl (C=O) groups excluding carboxylic acids is 1. The van der Waals surface area contributed by atoms with Gasteiger partial charge in [0, 0.05) is 25.3 Å². The molecule has 5 heteroatoms. The van der Waals surface area contributed by atoms with Crippen LogP contribution in [0.15, 0.2) is 0 Å². The van der Waals surface area contributed by atoms with E-state index in [1.165, 1.54) is 0 Å². The van der Waals surface area contributed by atoms with Crippen LogP contribution in [-0.4, -0.2) is 55.0 Å². The summed E-state index contributed by atoms with van der Waals surface area (Å²) in [6.07, 6.45) is 0.437. The fourth-order valence-electron chi connectivity index (χ4n) is 0.911. The van der Waals surface area contributed by atoms with Crippen molar-refractivity contribution in [2.75, 3.05) is 26.4 Å². The fraction of sp³-hybridized carbons (Fsp3) is 0.909. The standard InChI is InChI=1S/C10H23NO3.CH2O/c1-10(2,3)11-7-9(8-13)14-6-4-5-12;1-2/h9,11-13H,4-8H2,1-3H3;1H2. The van der Waals surface area contributed by atoms with Gasteiger partial charge >= 0.3 is 0 Å². The van der Waals surface area contributed by atoms with E-state index in [-0.39, 0.29) is 24.9 Å². The zero-order valence-electron chi connectivity index (χ0n) is 10.5. The van der Waals surface area contributed by atoms with E-state index in [1.54, 1.807) is 0 Å². The quantitative estimate of drug-likeness (QED) is 0.539. The number of hydrogen-bond donors (Lipinski definition) is 3. The summed E-state index contributed by atoms with van der Waals surface area (Å²) in [5.74, 6) is 0. The van der Waals surface area contributed by atoms with Crippen LogP contribution in [0.4, 0.5) is 0 Å². The average molecular weight is 235 g/mol. The molecule has 0 heterocycles. The lowest BCUT2D eigenvalue weighted by Crippen LogP contribution is -2.42. The zero-order valence-corrected chi connectivity index (χ0v) is 10.5. The maximum Gasteiger partial charge on any atom is 0.106 e. The van der Waals surface area contributed by atoms with E-state index in [0.29, 0.717) is 19.6 Å². The van der Waals surface area contributed by atoms with E-state index < -0.39 is 0 Å². The van der Waals surface area contributed by atoms with Crippen molar-refractivity contribution in [2.45, 2.75) is 38.8 Å². The summed E-state index contributed by atoms with van der Waals surface area (Å²) in [5.41, 5.74) is 0.0355. The van der Waals surface area contributed by atoms with Gasteiger partial charge in [0.15, 0.2) is 0 Å². The van der Waals surface area contributed by atoms with Crippen LogP contribution in [0, 0.1) is 0 Å². The second-order valence-electron chi connectivity index (χ2n) is 4.38. The predicted octanol–water partition coefficient (Wildman–Crippen LogP) is -0.0505. The Balaban J connectivity index is 0. The molecule has 0 rings (SSSR count). The Morgan fingerprint density at radius 3 is 2.25 bits per heavy atom. The summed E-state index contributed by atoms with van der Waals surface area (Å²) < 4.78 is 5.35. The molecule has 0 radical (unpaired) electrons. The topological polar surface area (TPSA) is 78.8 Å². The molecule has 0 saturated carbocycles. The first-order valence-electron chi connectivity index (χ1n) is 5.37. The van der Waals surface area contributed by atoms with Crippen LogP contribution in [-0.2, 0) is 9.53 Å². The van der Waals surface area contributed by atoms with Crippen molar-refractivity contribution in [3.8, 4) is 0 Å². The van der Waals surface area contributed by atoms with Crippen LogP contribution >= 0.6 is 0 Å². The largest absolute Gasteiger partial charge is 0.396 e. The number of hydrogen-bond acceptors (Lipinski definition) is 5. The van der Waals surface area contributed by atoms with Gasteiger partial charge in [-0.15, -0.1) is 0 Å². The molecular formula is C11H25NO4. The number of aliphatic hydroxyl groups excluding tert-OH is 2. The van der Waals surface area contributed by atoms with Gasteiger partial charge in [-0.2, -0.15) is 0 Å². The van der Waals surface area contributed by atoms with Gasteiger partial charge in [0.05, 0.1) is 12.7 Å². The highest BCUT2D eigenvalue weighted by molar-refractivity contribution is 5.10. The Morgan fingerprint density at radius 1 is 1.31 bits per heavy atom. The lowest BCUT2D eigenvalue weighted by molar-refractivity contribution is -0.0979. The molecule has 0 aromatic heterocycles. The minimum atomic E-state index is -0.180. The molecule has 1 atom stereocenters. The van der Waals surface area contributed by atoms with Gasteiger partial charge in [0.2, 0.25) is 0 Å². The molecule has 0 fully saturated rings. The molecule has 0 aliphatic rings. The molecule has 0 saturated heterocycles. The summed E-state index contributed by atoms with van der Waals surface area (Å²) in [5, 5.41) is 20.8. The van der Waals surface area contributed by atoms with Gasteiger partial charge < -0.3 is 25.1 Å². The van der Waals surface area contributed by atoms with Gasteiger partial charge in [-0.05, 0) is 27.2 Å². The van der Waals surface area contributed by atoms with Crippen molar-refractivity contribution in [1.29, 1.82) is 0 Å². The van der Waals surface area contributed by atoms with E-state index in [9.17, 15) is 0 Å². The fourth-order valence-corrected chi connectivity index (χ4v) is 0.911. The normalized spacial score (nSPS) is 12.8. The molecule has 0 aliphatic carbocycles. The molecule has 5 nitrogen and oxygen atoms in total. The van der Waals surface area contributed by atoms with E-state index in [1.807, 2.05) is 6.79 Å². The third-order valence-electron chi connectivity index (χ3n) is 1.72. The molecule has 0 aromatic carbocycles. The Bertz CT molecular complexity index is 147. The van der Waals surface area contributed by atoms with Crippen molar-refractivity contribution in [2.24, 2.45) is 0 Å². The summed E-state index contributed by atoms with van der Waals surface area (Å²) in [6, 6.07) is 0. The lowest BCUT2D eigenvalue weighted by atomic mass is 10.1. The highest BCUT2D eigenvalue weighted by atomic mass is 16.5. The Kier molecular flexibility index (Phi) is 12.3. The molecule has 98 valence electrons. The van der Waals surface area contributed by atoms with Crippen molar-refractivity contribution in [3.05, 3.63) is 0 Å². The second-order valence-corrected chi connectivity index (χ2v) is 4.38. The zero-order chi connectivity index (χ0) is 13.0. The first-order valence-corrected chi connectivity index (χ1v) is 5.37. The van der Waals surface area contributed by atoms with E-state index in [4.69, 9.17) is 19.7 Å². The minimum Gasteiger partial charge on any atom is -0.396 e. The molecule has 1 unspecified atom stereocenters. The number of rotatable bonds is 7. The Morgan fingerprint density at radius 2 is 1.88 bits per heavy atom. The third kappa shape index (κ3) is 13.5. The molecule has 16 heavy (non-hydrogen) atoms. The highest BCUT2D eigenvalue weighted by Crippen LogP contribution is 2.00. The summed E-state index contributed by atoms with van der Waals surface area (Å²) in [7, 11) is 0. The molecule has 0 aromatic rings. The average Bonchev–Trinajstić information content (AvgIpc) is 2.25. The first-order chi connectivity index (χ1) is 7.49. The SMILES string of the molecule is C=O.CC(C)(C)NCC(CO)OCCCO. The molecule has 0 spiro atoms. The van der Waals surface area contributed by atoms with Crippen molar-refractivity contribution < 1.29 is 19.7 Å². The summed E-state index contributed by atoms with van der Waals surface area (Å²) >= 11 is 0. The number of carbonyl (C=O) groups is 1. The molecule has 0 bridgehead atoms. The van der Waals surface area contributed by atoms with Crippen LogP contribution in [0.2, 0.25) is 0 Å². The Hall–Kier alpha value is -0.490. The molecule has 0 amide bonds. The van der Waals surface area contributed by atoms with Gasteiger partial charge in [-0.1, -0.05) is 0 Å². The maximum absolute atomic E-state index is 8.99. The highest BCUT2D eigenvalue weighted by Gasteiger charge is 2.13. The van der Waals surface area contributed by atoms with E-state index >= 15 is 0 Å². The van der Waals surface area contributed by atoms with Gasteiger partial charge in [0.1, 0.15) is 6.79 Å². The van der Waals surface area contributed by atoms with Crippen LogP contribution in [0.1, 0.15) is 27.2 Å². The van der Waals surface area contributed by atoms with Crippen molar-refractivity contribution in [3.63, 3.8) is 0 Å². The smallest absolute Gasteiger partial charge is 0.106 e. The van der Waals surface area contributed by atoms with Crippen LogP contribution in [0.3, 0.4) is 0 Å². The molecular weight excluding hydrogens is 210 g/mol. The molecule has 3 N–H and O–H groups in total. The minimum absolute atomic E-state index is 0.00844. The lowest BCUT2D eigenvalue weighted by Gasteiger charge is -2.24. The number of ether oxygens (including phenoxy) is 1. The second kappa shape index (κ2) is 11.0. The first kappa shape index (κ1) is 17.9. The third-order valence-corrected chi connectivity index (χ3v) is 1.72. The van der Waals surface area contributed by atoms with Crippen LogP contribution < -0.4 is 5.32 Å². The van der Waals surface area contributed by atoms with Gasteiger partial charge in [-0.3, -0.25) is 0 Å². The summed E-state index contributed by atoms with van der Waals surface area (Å²) in [6.45, 7) is 9.46. The summed E-state index contributed by atoms with van der Waals surface area (Å²) in [4.78, 5) is 8.00. The van der Waals surface area contributed by atoms with Crippen LogP contribution in [0.25, 0.3) is 0 Å². The maximum atomic E-state index is 8.99. The number of nitrogens with one attached hydrogen (secondary N) is 1. The van der Waals surface area contributed by atoms with E-state index in [0.717, 1.165) is 0 Å². The Labute approximate surface area is 97.8 Å². The van der Waals surface area contributed by atoms with Crippen molar-refractivity contribution in [1.82, 2.24) is 5.32 Å². The molecule has 0 aliphatic heterocycles. The van der Waals surface area contributed by atoms with Crippen LogP contribution in [0.5, 0.6) is 0 Å². The predicted molar refractivity (Wildman–Crippen MR) is 63.4 cm³/mol. The monoisotopic (exact) mass is 235 g/mol. The van der Waals surface area contributed by atoms with Gasteiger partial charge in [0.25, 0.3) is 0 Å². The van der Waals surface area contributed by atoms with E-state index in [2.05, 4.69) is 26.1 Å². The number of aliphatic hydroxyl groups is 2. The van der Waals surface area contributed by atoms with Gasteiger partial charge in [-0.25, -0.2) is 0 Å².